The Bertz CT molecular complexity index is 77.8. The molecule has 0 aliphatic heterocycles. The number of hydrogen-bond acceptors (Lipinski definition) is 2. The van der Waals surface area contributed by atoms with E-state index in [1.54, 1.807) is 6.92 Å². The van der Waals surface area contributed by atoms with Crippen molar-refractivity contribution in [3.63, 3.8) is 0 Å². The zero-order chi connectivity index (χ0) is 8.15. The van der Waals surface area contributed by atoms with Crippen molar-refractivity contribution in [1.82, 2.24) is 0 Å². The first-order valence-electron chi connectivity index (χ1n) is 3.23. The number of aliphatic hydroxyl groups is 2. The fourth-order valence-electron chi connectivity index (χ4n) is 0.739. The maximum atomic E-state index is 11.8. The van der Waals surface area contributed by atoms with E-state index in [-0.39, 0.29) is 6.42 Å². The summed E-state index contributed by atoms with van der Waals surface area (Å²) in [6.07, 6.45) is -3.85. The molecule has 2 N–H and O–H groups in total. The van der Waals surface area contributed by atoms with Crippen LogP contribution in [0.25, 0.3) is 0 Å². The third-order valence-electron chi connectivity index (χ3n) is 1.33. The summed E-state index contributed by atoms with van der Waals surface area (Å²) in [6, 6.07) is 0. The topological polar surface area (TPSA) is 40.5 Å². The fourth-order valence-corrected chi connectivity index (χ4v) is 0.739. The van der Waals surface area contributed by atoms with E-state index in [2.05, 4.69) is 0 Å². The van der Waals surface area contributed by atoms with Crippen molar-refractivity contribution in [2.75, 3.05) is 0 Å². The van der Waals surface area contributed by atoms with Crippen molar-refractivity contribution >= 4 is 0 Å². The molecule has 0 saturated heterocycles. The van der Waals surface area contributed by atoms with Crippen LogP contribution in [0.2, 0.25) is 0 Å². The summed E-state index contributed by atoms with van der Waals surface area (Å²) in [5, 5.41) is 16.8. The van der Waals surface area contributed by atoms with Crippen LogP contribution in [-0.4, -0.2) is 22.9 Å². The minimum absolute atomic E-state index is 0.148. The molecule has 1 atom stereocenters. The molecule has 10 heavy (non-hydrogen) atoms. The van der Waals surface area contributed by atoms with Gasteiger partial charge in [-0.05, 0) is 6.42 Å². The number of aliphatic hydroxyl groups excluding tert-OH is 1. The van der Waals surface area contributed by atoms with Gasteiger partial charge in [-0.15, -0.1) is 0 Å². The van der Waals surface area contributed by atoms with E-state index >= 15 is 0 Å². The predicted molar refractivity (Wildman–Crippen MR) is 32.6 cm³/mol. The van der Waals surface area contributed by atoms with Gasteiger partial charge in [-0.25, -0.2) is 8.78 Å². The van der Waals surface area contributed by atoms with Gasteiger partial charge in [0.25, 0.3) is 0 Å². The maximum Gasteiger partial charge on any atom is 0.246 e. The van der Waals surface area contributed by atoms with Crippen LogP contribution < -0.4 is 0 Å². The van der Waals surface area contributed by atoms with Crippen molar-refractivity contribution in [3.8, 4) is 0 Å². The molecule has 0 amide bonds. The molecule has 0 aromatic carbocycles. The second-order valence-electron chi connectivity index (χ2n) is 2.20. The van der Waals surface area contributed by atoms with Crippen LogP contribution in [0.4, 0.5) is 8.78 Å². The molecule has 0 aromatic rings. The van der Waals surface area contributed by atoms with E-state index < -0.39 is 18.6 Å². The van der Waals surface area contributed by atoms with E-state index in [1.807, 2.05) is 0 Å². The lowest BCUT2D eigenvalue weighted by molar-refractivity contribution is -0.129. The lowest BCUT2D eigenvalue weighted by Gasteiger charge is -2.16. The Morgan fingerprint density at radius 3 is 1.90 bits per heavy atom. The molecule has 0 heterocycles. The smallest absolute Gasteiger partial charge is 0.246 e. The summed E-state index contributed by atoms with van der Waals surface area (Å²) in [4.78, 5) is 0. The van der Waals surface area contributed by atoms with Crippen LogP contribution >= 0.6 is 0 Å². The number of rotatable bonds is 4. The molecule has 0 aromatic heterocycles. The Morgan fingerprint density at radius 2 is 1.80 bits per heavy atom. The summed E-state index contributed by atoms with van der Waals surface area (Å²) in [6.45, 7) is 1.72. The van der Waals surface area contributed by atoms with Crippen LogP contribution in [0, 0.1) is 5.92 Å². The van der Waals surface area contributed by atoms with Crippen LogP contribution in [0.15, 0.2) is 0 Å². The molecule has 4 heteroatoms. The Hall–Kier alpha value is -0.220. The highest BCUT2D eigenvalue weighted by molar-refractivity contribution is 4.61. The second kappa shape index (κ2) is 4.57. The minimum Gasteiger partial charge on any atom is -0.368 e. The molecule has 0 saturated carbocycles. The summed E-state index contributed by atoms with van der Waals surface area (Å²) in [5.41, 5.74) is 0. The largest absolute Gasteiger partial charge is 0.368 e. The van der Waals surface area contributed by atoms with Gasteiger partial charge in [-0.2, -0.15) is 0 Å². The zero-order valence-electron chi connectivity index (χ0n) is 5.80. The predicted octanol–water partition coefficient (Wildman–Crippen LogP) is 0.978. The molecule has 0 aliphatic rings. The second-order valence-corrected chi connectivity index (χ2v) is 2.20. The molecule has 0 aliphatic carbocycles. The minimum atomic E-state index is -2.64. The average molecular weight is 154 g/mol. The normalized spacial score (nSPS) is 14.7. The highest BCUT2D eigenvalue weighted by Gasteiger charge is 2.25. The van der Waals surface area contributed by atoms with Crippen LogP contribution in [-0.2, 0) is 0 Å². The number of hydrogen-bond donors (Lipinski definition) is 2. The summed E-state index contributed by atoms with van der Waals surface area (Å²) < 4.78 is 23.6. The van der Waals surface area contributed by atoms with E-state index in [0.717, 1.165) is 0 Å². The summed E-state index contributed by atoms with van der Waals surface area (Å²) in [5.74, 6) is -1.29. The third kappa shape index (κ3) is 3.08. The monoisotopic (exact) mass is 154 g/mol. The fraction of sp³-hybridized carbons (Fsp3) is 1.00. The summed E-state index contributed by atoms with van der Waals surface area (Å²) >= 11 is 0. The van der Waals surface area contributed by atoms with Crippen LogP contribution in [0.5, 0.6) is 0 Å². The molecule has 0 radical (unpaired) electrons. The van der Waals surface area contributed by atoms with Gasteiger partial charge in [0, 0.05) is 0 Å². The van der Waals surface area contributed by atoms with Gasteiger partial charge in [0.1, 0.15) is 0 Å². The molecular formula is C6H12F2O2. The number of halogens is 2. The molecule has 1 unspecified atom stereocenters. The third-order valence-corrected chi connectivity index (χ3v) is 1.33. The zero-order valence-corrected chi connectivity index (χ0v) is 5.80. The van der Waals surface area contributed by atoms with E-state index in [1.165, 1.54) is 0 Å². The standard InChI is InChI=1S/C6H12F2O2/c1-2-3-4(5(7)8)6(9)10/h4-6,9-10H,2-3H2,1H3. The van der Waals surface area contributed by atoms with Gasteiger partial charge in [-0.3, -0.25) is 0 Å². The van der Waals surface area contributed by atoms with Gasteiger partial charge in [0.2, 0.25) is 6.43 Å². The number of alkyl halides is 2. The van der Waals surface area contributed by atoms with Crippen molar-refractivity contribution in [3.05, 3.63) is 0 Å². The summed E-state index contributed by atoms with van der Waals surface area (Å²) in [7, 11) is 0. The van der Waals surface area contributed by atoms with Crippen molar-refractivity contribution in [2.45, 2.75) is 32.5 Å². The SMILES string of the molecule is CCCC(C(O)O)C(F)F. The Balaban J connectivity index is 3.73. The van der Waals surface area contributed by atoms with Crippen molar-refractivity contribution in [2.24, 2.45) is 5.92 Å². The molecule has 0 rings (SSSR count). The first-order chi connectivity index (χ1) is 4.59. The first-order valence-corrected chi connectivity index (χ1v) is 3.23. The van der Waals surface area contributed by atoms with E-state index in [9.17, 15) is 8.78 Å². The first kappa shape index (κ1) is 9.78. The highest BCUT2D eigenvalue weighted by Crippen LogP contribution is 2.18. The molecule has 0 fully saturated rings. The van der Waals surface area contributed by atoms with Gasteiger partial charge >= 0.3 is 0 Å². The van der Waals surface area contributed by atoms with Gasteiger partial charge < -0.3 is 10.2 Å². The van der Waals surface area contributed by atoms with Crippen LogP contribution in [0.3, 0.4) is 0 Å². The Kier molecular flexibility index (Phi) is 4.47. The molecule has 62 valence electrons. The van der Waals surface area contributed by atoms with Gasteiger partial charge in [-0.1, -0.05) is 13.3 Å². The van der Waals surface area contributed by atoms with E-state index in [4.69, 9.17) is 10.2 Å². The van der Waals surface area contributed by atoms with Gasteiger partial charge in [0.15, 0.2) is 6.29 Å². The molecule has 0 bridgehead atoms. The maximum absolute atomic E-state index is 11.8. The molecule has 0 spiro atoms. The Morgan fingerprint density at radius 1 is 1.30 bits per heavy atom. The van der Waals surface area contributed by atoms with E-state index in [0.29, 0.717) is 6.42 Å². The van der Waals surface area contributed by atoms with Crippen molar-refractivity contribution in [1.29, 1.82) is 0 Å². The lowest BCUT2D eigenvalue weighted by atomic mass is 10.0. The van der Waals surface area contributed by atoms with Crippen LogP contribution in [0.1, 0.15) is 19.8 Å². The highest BCUT2D eigenvalue weighted by atomic mass is 19.3. The van der Waals surface area contributed by atoms with Gasteiger partial charge in [0.05, 0.1) is 5.92 Å². The lowest BCUT2D eigenvalue weighted by Crippen LogP contribution is -2.26. The Labute approximate surface area is 58.5 Å². The molecular weight excluding hydrogens is 142 g/mol. The average Bonchev–Trinajstić information content (AvgIpc) is 1.81. The molecule has 2 nitrogen and oxygen atoms in total. The quantitative estimate of drug-likeness (QED) is 0.592. The van der Waals surface area contributed by atoms with Crippen molar-refractivity contribution < 1.29 is 19.0 Å².